The molecule has 4 N–H and O–H groups in total. The highest BCUT2D eigenvalue weighted by molar-refractivity contribution is 7.88. The van der Waals surface area contributed by atoms with Crippen LogP contribution in [0.4, 0.5) is 31.7 Å². The Morgan fingerprint density at radius 2 is 1.78 bits per heavy atom. The van der Waals surface area contributed by atoms with Crippen LogP contribution in [0.25, 0.3) is 0 Å². The summed E-state index contributed by atoms with van der Waals surface area (Å²) in [5.41, 5.74) is 7.68. The maximum atomic E-state index is 14.0. The fourth-order valence-corrected chi connectivity index (χ4v) is 4.75. The van der Waals surface area contributed by atoms with Crippen LogP contribution in [0.3, 0.4) is 0 Å². The van der Waals surface area contributed by atoms with Crippen molar-refractivity contribution in [3.63, 3.8) is 0 Å². The molecule has 190 valence electrons. The number of sulfonamides is 1. The van der Waals surface area contributed by atoms with E-state index in [0.717, 1.165) is 17.4 Å². The molecule has 0 radical (unpaired) electrons. The summed E-state index contributed by atoms with van der Waals surface area (Å²) in [6.07, 6.45) is 2.53. The zero-order valence-electron chi connectivity index (χ0n) is 19.5. The summed E-state index contributed by atoms with van der Waals surface area (Å²) in [5.74, 6) is -2.22. The number of halogens is 2. The van der Waals surface area contributed by atoms with Gasteiger partial charge in [0.1, 0.15) is 5.82 Å². The van der Waals surface area contributed by atoms with Crippen LogP contribution in [-0.2, 0) is 16.6 Å². The average molecular weight is 517 g/mol. The zero-order valence-corrected chi connectivity index (χ0v) is 20.4. The minimum Gasteiger partial charge on any atom is -0.380 e. The van der Waals surface area contributed by atoms with Gasteiger partial charge in [-0.15, -0.1) is 0 Å². The van der Waals surface area contributed by atoms with E-state index in [2.05, 4.69) is 20.5 Å². The van der Waals surface area contributed by atoms with Gasteiger partial charge in [0.2, 0.25) is 10.0 Å². The number of hydrogen-bond acceptors (Lipinski definition) is 7. The number of carbonyl (C=O) groups excluding carboxylic acids is 1. The number of anilines is 4. The van der Waals surface area contributed by atoms with Crippen molar-refractivity contribution < 1.29 is 22.0 Å². The molecule has 1 saturated heterocycles. The molecular weight excluding hydrogens is 490 g/mol. The summed E-state index contributed by atoms with van der Waals surface area (Å²) < 4.78 is 52.4. The summed E-state index contributed by atoms with van der Waals surface area (Å²) in [6.45, 7) is 2.00. The highest BCUT2D eigenvalue weighted by Crippen LogP contribution is 2.25. The molecule has 2 aromatic carbocycles. The number of hydrogen-bond donors (Lipinski definition) is 3. The van der Waals surface area contributed by atoms with Crippen LogP contribution in [-0.4, -0.2) is 56.0 Å². The molecule has 4 rings (SSSR count). The smallest absolute Gasteiger partial charge is 0.252 e. The number of aromatic nitrogens is 1. The largest absolute Gasteiger partial charge is 0.380 e. The Hall–Kier alpha value is -3.77. The fraction of sp³-hybridized carbons (Fsp3) is 0.250. The number of benzene rings is 2. The van der Waals surface area contributed by atoms with E-state index in [1.807, 2.05) is 24.3 Å². The van der Waals surface area contributed by atoms with Crippen molar-refractivity contribution in [3.05, 3.63) is 77.5 Å². The van der Waals surface area contributed by atoms with Crippen molar-refractivity contribution >= 4 is 38.8 Å². The van der Waals surface area contributed by atoms with E-state index in [9.17, 15) is 22.0 Å². The molecule has 0 unspecified atom stereocenters. The van der Waals surface area contributed by atoms with Gasteiger partial charge in [0.25, 0.3) is 5.91 Å². The summed E-state index contributed by atoms with van der Waals surface area (Å²) >= 11 is 0. The number of primary amides is 1. The normalized spacial score (nSPS) is 14.5. The molecule has 1 aromatic heterocycles. The minimum absolute atomic E-state index is 0.0609. The molecule has 2 heterocycles. The van der Waals surface area contributed by atoms with E-state index in [1.165, 1.54) is 28.9 Å². The predicted molar refractivity (Wildman–Crippen MR) is 135 cm³/mol. The van der Waals surface area contributed by atoms with E-state index in [4.69, 9.17) is 5.73 Å². The molecule has 0 spiro atoms. The summed E-state index contributed by atoms with van der Waals surface area (Å²) in [4.78, 5) is 18.2. The van der Waals surface area contributed by atoms with Crippen LogP contribution < -0.4 is 21.3 Å². The van der Waals surface area contributed by atoms with Gasteiger partial charge in [-0.3, -0.25) is 4.79 Å². The third-order valence-electron chi connectivity index (χ3n) is 5.88. The molecule has 1 amide bonds. The van der Waals surface area contributed by atoms with Crippen molar-refractivity contribution in [1.82, 2.24) is 9.29 Å². The van der Waals surface area contributed by atoms with Gasteiger partial charge in [0.15, 0.2) is 11.6 Å². The molecule has 1 fully saturated rings. The van der Waals surface area contributed by atoms with E-state index in [1.54, 1.807) is 6.07 Å². The molecule has 0 aliphatic carbocycles. The second-order valence-corrected chi connectivity index (χ2v) is 10.3. The predicted octanol–water partition coefficient (Wildman–Crippen LogP) is 2.90. The fourth-order valence-electron chi connectivity index (χ4n) is 3.92. The van der Waals surface area contributed by atoms with Crippen LogP contribution in [0.15, 0.2) is 54.7 Å². The van der Waals surface area contributed by atoms with Crippen LogP contribution in [0.2, 0.25) is 0 Å². The van der Waals surface area contributed by atoms with Gasteiger partial charge in [0, 0.05) is 61.9 Å². The Bertz CT molecular complexity index is 1360. The first-order valence-electron chi connectivity index (χ1n) is 11.2. The lowest BCUT2D eigenvalue weighted by atomic mass is 10.1. The monoisotopic (exact) mass is 516 g/mol. The second kappa shape index (κ2) is 10.5. The Morgan fingerprint density at radius 3 is 2.42 bits per heavy atom. The van der Waals surface area contributed by atoms with E-state index in [-0.39, 0.29) is 17.7 Å². The Kier molecular flexibility index (Phi) is 7.36. The van der Waals surface area contributed by atoms with E-state index < -0.39 is 27.6 Å². The third kappa shape index (κ3) is 5.89. The molecule has 3 aromatic rings. The Labute approximate surface area is 208 Å². The highest BCUT2D eigenvalue weighted by Gasteiger charge is 2.23. The lowest BCUT2D eigenvalue weighted by Gasteiger charge is -2.34. The van der Waals surface area contributed by atoms with Crippen molar-refractivity contribution in [2.24, 2.45) is 5.73 Å². The number of nitrogens with zero attached hydrogens (tertiary/aromatic N) is 3. The van der Waals surface area contributed by atoms with Gasteiger partial charge in [-0.05, 0) is 30.3 Å². The van der Waals surface area contributed by atoms with Crippen molar-refractivity contribution in [1.29, 1.82) is 0 Å². The first-order valence-corrected chi connectivity index (χ1v) is 13.0. The quantitative estimate of drug-likeness (QED) is 0.421. The van der Waals surface area contributed by atoms with Gasteiger partial charge in [-0.25, -0.2) is 22.2 Å². The second-order valence-electron chi connectivity index (χ2n) is 8.37. The van der Waals surface area contributed by atoms with E-state index in [0.29, 0.717) is 37.7 Å². The number of nitrogens with one attached hydrogen (secondary N) is 2. The molecule has 1 aliphatic heterocycles. The molecule has 12 heteroatoms. The highest BCUT2D eigenvalue weighted by atomic mass is 32.2. The minimum atomic E-state index is -3.19. The van der Waals surface area contributed by atoms with Crippen LogP contribution >= 0.6 is 0 Å². The first-order chi connectivity index (χ1) is 17.1. The SMILES string of the molecule is CS(=O)(=O)N1CCN(c2ccc(Nc3cc(NCc4cccc(F)c4F)c(C(N)=O)cn3)cc2)CC1. The summed E-state index contributed by atoms with van der Waals surface area (Å²) in [5, 5.41) is 6.07. The number of amides is 1. The number of carbonyl (C=O) groups is 1. The van der Waals surface area contributed by atoms with E-state index >= 15 is 0 Å². The van der Waals surface area contributed by atoms with Gasteiger partial charge in [-0.1, -0.05) is 12.1 Å². The van der Waals surface area contributed by atoms with Crippen LogP contribution in [0.1, 0.15) is 15.9 Å². The van der Waals surface area contributed by atoms with Crippen LogP contribution in [0, 0.1) is 11.6 Å². The number of piperazine rings is 1. The molecule has 0 bridgehead atoms. The lowest BCUT2D eigenvalue weighted by Crippen LogP contribution is -2.48. The molecule has 9 nitrogen and oxygen atoms in total. The molecule has 0 saturated carbocycles. The number of pyridine rings is 1. The van der Waals surface area contributed by atoms with Crippen LogP contribution in [0.5, 0.6) is 0 Å². The zero-order chi connectivity index (χ0) is 25.9. The molecule has 1 aliphatic rings. The molecular formula is C24H26F2N6O3S. The van der Waals surface area contributed by atoms with Gasteiger partial charge >= 0.3 is 0 Å². The third-order valence-corrected chi connectivity index (χ3v) is 7.19. The standard InChI is InChI=1S/C24H26F2N6O3S/c1-36(34,35)32-11-9-31(10-12-32)18-7-5-17(6-8-18)30-22-13-21(19(15-29-22)24(27)33)28-14-16-3-2-4-20(25)23(16)26/h2-8,13,15H,9-12,14H2,1H3,(H2,27,33)(H2,28,29,30). The lowest BCUT2D eigenvalue weighted by molar-refractivity contribution is 0.100. The number of rotatable bonds is 8. The Balaban J connectivity index is 1.44. The van der Waals surface area contributed by atoms with Gasteiger partial charge in [-0.2, -0.15) is 4.31 Å². The maximum Gasteiger partial charge on any atom is 0.252 e. The topological polar surface area (TPSA) is 121 Å². The Morgan fingerprint density at radius 1 is 1.08 bits per heavy atom. The van der Waals surface area contributed by atoms with Crippen molar-refractivity contribution in [2.45, 2.75) is 6.54 Å². The first kappa shape index (κ1) is 25.3. The van der Waals surface area contributed by atoms with Gasteiger partial charge in [0.05, 0.1) is 17.5 Å². The number of nitrogens with two attached hydrogens (primary N) is 1. The average Bonchev–Trinajstić information content (AvgIpc) is 2.85. The van der Waals surface area contributed by atoms with Gasteiger partial charge < -0.3 is 21.3 Å². The maximum absolute atomic E-state index is 14.0. The van der Waals surface area contributed by atoms with Crippen molar-refractivity contribution in [2.75, 3.05) is 48.0 Å². The summed E-state index contributed by atoms with van der Waals surface area (Å²) in [6, 6.07) is 13.0. The van der Waals surface area contributed by atoms with Crippen molar-refractivity contribution in [3.8, 4) is 0 Å². The summed E-state index contributed by atoms with van der Waals surface area (Å²) in [7, 11) is -3.19. The molecule has 0 atom stereocenters. The molecule has 36 heavy (non-hydrogen) atoms.